The Labute approximate surface area is 169 Å². The maximum atomic E-state index is 9.90. The molecule has 3 aromatic rings. The number of pyridine rings is 1. The Hall–Kier alpha value is -2.97. The Morgan fingerprint density at radius 3 is 2.76 bits per heavy atom. The first-order chi connectivity index (χ1) is 14.1. The molecule has 4 N–H and O–H groups in total. The molecular formula is C21H26N6O2. The van der Waals surface area contributed by atoms with Crippen molar-refractivity contribution in [2.75, 3.05) is 37.8 Å². The molecule has 8 heteroatoms. The fourth-order valence-electron chi connectivity index (χ4n) is 3.65. The van der Waals surface area contributed by atoms with Crippen molar-refractivity contribution < 1.29 is 9.63 Å². The molecule has 1 saturated heterocycles. The molecule has 8 nitrogen and oxygen atoms in total. The lowest BCUT2D eigenvalue weighted by Gasteiger charge is -2.26. The van der Waals surface area contributed by atoms with Crippen LogP contribution in [0.15, 0.2) is 47.1 Å². The van der Waals surface area contributed by atoms with Gasteiger partial charge in [0.25, 0.3) is 5.89 Å². The number of benzene rings is 1. The molecule has 4 rings (SSSR count). The molecule has 0 unspecified atom stereocenters. The number of nitrogens with two attached hydrogens (primary N) is 1. The molecule has 2 aromatic heterocycles. The van der Waals surface area contributed by atoms with Crippen molar-refractivity contribution in [1.29, 1.82) is 0 Å². The van der Waals surface area contributed by atoms with E-state index in [0.29, 0.717) is 28.9 Å². The van der Waals surface area contributed by atoms with Crippen LogP contribution in [-0.2, 0) is 0 Å². The van der Waals surface area contributed by atoms with E-state index < -0.39 is 0 Å². The number of aliphatic hydroxyl groups is 1. The predicted molar refractivity (Wildman–Crippen MR) is 111 cm³/mol. The standard InChI is InChI=1S/C21H26N6O2/c1-27-9-7-15(8-10-27)20-25-21(29-26-20)16-12-23-19(22)11-17(16)24-18(13-28)14-5-3-2-4-6-14/h2-6,11-12,15,18,28H,7-10,13H2,1H3,(H3,22,23,24)/t18-/m1/s1. The molecular weight excluding hydrogens is 368 g/mol. The van der Waals surface area contributed by atoms with Gasteiger partial charge in [-0.1, -0.05) is 35.5 Å². The first kappa shape index (κ1) is 19.4. The van der Waals surface area contributed by atoms with Gasteiger partial charge in [-0.3, -0.25) is 0 Å². The van der Waals surface area contributed by atoms with Gasteiger partial charge in [-0.05, 0) is 38.5 Å². The van der Waals surface area contributed by atoms with Crippen LogP contribution in [0, 0.1) is 0 Å². The van der Waals surface area contributed by atoms with Gasteiger partial charge in [0, 0.05) is 18.2 Å². The molecule has 152 valence electrons. The van der Waals surface area contributed by atoms with Crippen LogP contribution in [0.3, 0.4) is 0 Å². The molecule has 0 bridgehead atoms. The van der Waals surface area contributed by atoms with Gasteiger partial charge in [0.05, 0.1) is 23.9 Å². The highest BCUT2D eigenvalue weighted by molar-refractivity contribution is 5.74. The van der Waals surface area contributed by atoms with Crippen LogP contribution >= 0.6 is 0 Å². The summed E-state index contributed by atoms with van der Waals surface area (Å²) < 4.78 is 5.57. The quantitative estimate of drug-likeness (QED) is 0.585. The zero-order valence-electron chi connectivity index (χ0n) is 16.5. The van der Waals surface area contributed by atoms with Gasteiger partial charge in [0.15, 0.2) is 5.82 Å². The molecule has 1 aliphatic rings. The molecule has 0 radical (unpaired) electrons. The highest BCUT2D eigenvalue weighted by atomic mass is 16.5. The average molecular weight is 394 g/mol. The van der Waals surface area contributed by atoms with E-state index in [0.717, 1.165) is 37.3 Å². The second-order valence-corrected chi connectivity index (χ2v) is 7.48. The zero-order chi connectivity index (χ0) is 20.2. The first-order valence-corrected chi connectivity index (χ1v) is 9.84. The zero-order valence-corrected chi connectivity index (χ0v) is 16.5. The summed E-state index contributed by atoms with van der Waals surface area (Å²) in [7, 11) is 2.13. The molecule has 0 amide bonds. The number of nitrogens with one attached hydrogen (secondary N) is 1. The summed E-state index contributed by atoms with van der Waals surface area (Å²) in [6.07, 6.45) is 3.66. The molecule has 1 atom stereocenters. The molecule has 0 spiro atoms. The summed E-state index contributed by atoms with van der Waals surface area (Å²) in [6, 6.07) is 11.2. The van der Waals surface area contributed by atoms with Crippen LogP contribution in [-0.4, -0.2) is 51.9 Å². The van der Waals surface area contributed by atoms with Gasteiger partial charge in [-0.15, -0.1) is 0 Å². The number of hydrogen-bond donors (Lipinski definition) is 3. The molecule has 1 fully saturated rings. The van der Waals surface area contributed by atoms with Crippen LogP contribution < -0.4 is 11.1 Å². The molecule has 1 aromatic carbocycles. The van der Waals surface area contributed by atoms with Crippen molar-refractivity contribution in [3.63, 3.8) is 0 Å². The lowest BCUT2D eigenvalue weighted by atomic mass is 9.96. The van der Waals surface area contributed by atoms with E-state index in [9.17, 15) is 5.11 Å². The number of aliphatic hydroxyl groups excluding tert-OH is 1. The topological polar surface area (TPSA) is 113 Å². The van der Waals surface area contributed by atoms with Gasteiger partial charge in [-0.2, -0.15) is 4.98 Å². The number of likely N-dealkylation sites (tertiary alicyclic amines) is 1. The Balaban J connectivity index is 1.60. The van der Waals surface area contributed by atoms with E-state index >= 15 is 0 Å². The maximum absolute atomic E-state index is 9.90. The van der Waals surface area contributed by atoms with Crippen molar-refractivity contribution in [3.8, 4) is 11.5 Å². The summed E-state index contributed by atoms with van der Waals surface area (Å²) in [6.45, 7) is 1.98. The fraction of sp³-hybridized carbons (Fsp3) is 0.381. The van der Waals surface area contributed by atoms with E-state index in [1.54, 1.807) is 12.3 Å². The second-order valence-electron chi connectivity index (χ2n) is 7.48. The number of piperidine rings is 1. The molecule has 0 aliphatic carbocycles. The average Bonchev–Trinajstić information content (AvgIpc) is 3.23. The highest BCUT2D eigenvalue weighted by Crippen LogP contribution is 2.32. The Morgan fingerprint density at radius 2 is 2.03 bits per heavy atom. The van der Waals surface area contributed by atoms with Crippen molar-refractivity contribution >= 4 is 11.5 Å². The summed E-state index contributed by atoms with van der Waals surface area (Å²) in [5.41, 5.74) is 8.24. The van der Waals surface area contributed by atoms with Crippen LogP contribution in [0.1, 0.15) is 36.2 Å². The molecule has 0 saturated carbocycles. The van der Waals surface area contributed by atoms with Crippen LogP contribution in [0.25, 0.3) is 11.5 Å². The molecule has 3 heterocycles. The minimum absolute atomic E-state index is 0.0731. The monoisotopic (exact) mass is 394 g/mol. The summed E-state index contributed by atoms with van der Waals surface area (Å²) in [5.74, 6) is 1.81. The van der Waals surface area contributed by atoms with Crippen molar-refractivity contribution in [3.05, 3.63) is 54.0 Å². The summed E-state index contributed by atoms with van der Waals surface area (Å²) in [5, 5.41) is 17.5. The third-order valence-corrected chi connectivity index (χ3v) is 5.40. The van der Waals surface area contributed by atoms with E-state index in [4.69, 9.17) is 10.3 Å². The number of anilines is 2. The van der Waals surface area contributed by atoms with Crippen molar-refractivity contribution in [2.24, 2.45) is 0 Å². The van der Waals surface area contributed by atoms with Crippen LogP contribution in [0.2, 0.25) is 0 Å². The number of aromatic nitrogens is 3. The van der Waals surface area contributed by atoms with Gasteiger partial charge in [0.2, 0.25) is 0 Å². The second kappa shape index (κ2) is 8.59. The third-order valence-electron chi connectivity index (χ3n) is 5.40. The Morgan fingerprint density at radius 1 is 1.28 bits per heavy atom. The Kier molecular flexibility index (Phi) is 5.73. The molecule has 29 heavy (non-hydrogen) atoms. The van der Waals surface area contributed by atoms with Gasteiger partial charge >= 0.3 is 0 Å². The SMILES string of the molecule is CN1CCC(c2noc(-c3cnc(N)cc3N[C@H](CO)c3ccccc3)n2)CC1. The molecule has 1 aliphatic heterocycles. The number of hydrogen-bond acceptors (Lipinski definition) is 8. The minimum Gasteiger partial charge on any atom is -0.394 e. The smallest absolute Gasteiger partial charge is 0.261 e. The number of rotatable bonds is 6. The largest absolute Gasteiger partial charge is 0.394 e. The normalized spacial score (nSPS) is 16.6. The maximum Gasteiger partial charge on any atom is 0.261 e. The van der Waals surface area contributed by atoms with Crippen LogP contribution in [0.4, 0.5) is 11.5 Å². The fourth-order valence-corrected chi connectivity index (χ4v) is 3.65. The lowest BCUT2D eigenvalue weighted by Crippen LogP contribution is -2.29. The summed E-state index contributed by atoms with van der Waals surface area (Å²) in [4.78, 5) is 11.1. The van der Waals surface area contributed by atoms with Crippen molar-refractivity contribution in [2.45, 2.75) is 24.8 Å². The number of nitrogens with zero attached hydrogens (tertiary/aromatic N) is 4. The third kappa shape index (κ3) is 4.38. The van der Waals surface area contributed by atoms with Crippen molar-refractivity contribution in [1.82, 2.24) is 20.0 Å². The van der Waals surface area contributed by atoms with Gasteiger partial charge in [0.1, 0.15) is 5.82 Å². The van der Waals surface area contributed by atoms with Gasteiger partial charge < -0.3 is 25.6 Å². The highest BCUT2D eigenvalue weighted by Gasteiger charge is 2.24. The van der Waals surface area contributed by atoms with E-state index in [1.165, 1.54) is 0 Å². The first-order valence-electron chi connectivity index (χ1n) is 9.84. The van der Waals surface area contributed by atoms with Gasteiger partial charge in [-0.25, -0.2) is 4.98 Å². The van der Waals surface area contributed by atoms with E-state index in [-0.39, 0.29) is 12.6 Å². The van der Waals surface area contributed by atoms with E-state index in [2.05, 4.69) is 32.4 Å². The Bertz CT molecular complexity index is 937. The minimum atomic E-state index is -0.298. The predicted octanol–water partition coefficient (Wildman–Crippen LogP) is 2.67. The summed E-state index contributed by atoms with van der Waals surface area (Å²) >= 11 is 0. The van der Waals surface area contributed by atoms with E-state index in [1.807, 2.05) is 30.3 Å². The lowest BCUT2D eigenvalue weighted by molar-refractivity contribution is 0.248. The van der Waals surface area contributed by atoms with Crippen LogP contribution in [0.5, 0.6) is 0 Å². The number of nitrogen functional groups attached to an aromatic ring is 1.